The Morgan fingerprint density at radius 3 is 1.59 bits per heavy atom. The molecule has 63 heavy (non-hydrogen) atoms. The molecule has 0 N–H and O–H groups in total. The van der Waals surface area contributed by atoms with Gasteiger partial charge in [0, 0.05) is 27.6 Å². The molecule has 0 amide bonds. The zero-order valence-electron chi connectivity index (χ0n) is 36.4. The Kier molecular flexibility index (Phi) is 7.89. The molecular formula is C62H47N. The van der Waals surface area contributed by atoms with Crippen molar-refractivity contribution in [1.29, 1.82) is 0 Å². The molecule has 0 saturated carbocycles. The molecule has 1 spiro atoms. The molecule has 8 aromatic rings. The second-order valence-electron chi connectivity index (χ2n) is 18.8. The van der Waals surface area contributed by atoms with E-state index in [0.29, 0.717) is 0 Å². The summed E-state index contributed by atoms with van der Waals surface area (Å²) in [5.41, 5.74) is 26.2. The van der Waals surface area contributed by atoms with Crippen LogP contribution in [0.15, 0.2) is 194 Å². The lowest BCUT2D eigenvalue weighted by Crippen LogP contribution is -2.26. The van der Waals surface area contributed by atoms with E-state index in [1.807, 2.05) is 6.08 Å². The summed E-state index contributed by atoms with van der Waals surface area (Å²) in [5, 5.41) is 0. The predicted octanol–water partition coefficient (Wildman–Crippen LogP) is 15.7. The van der Waals surface area contributed by atoms with Crippen molar-refractivity contribution >= 4 is 22.6 Å². The van der Waals surface area contributed by atoms with Crippen LogP contribution in [0.2, 0.25) is 0 Å². The van der Waals surface area contributed by atoms with Crippen molar-refractivity contribution in [2.24, 2.45) is 0 Å². The van der Waals surface area contributed by atoms with Crippen molar-refractivity contribution in [2.75, 3.05) is 4.90 Å². The molecule has 0 bridgehead atoms. The molecule has 0 heterocycles. The molecule has 12 rings (SSSR count). The van der Waals surface area contributed by atoms with Crippen molar-refractivity contribution in [3.05, 3.63) is 238 Å². The minimum absolute atomic E-state index is 0.0660. The van der Waals surface area contributed by atoms with E-state index < -0.39 is 5.41 Å². The summed E-state index contributed by atoms with van der Waals surface area (Å²) >= 11 is 0. The third-order valence-electron chi connectivity index (χ3n) is 15.1. The van der Waals surface area contributed by atoms with E-state index in [4.69, 9.17) is 6.42 Å². The topological polar surface area (TPSA) is 3.24 Å². The van der Waals surface area contributed by atoms with E-state index in [1.54, 1.807) is 0 Å². The number of fused-ring (bicyclic) bond motifs is 13. The predicted molar refractivity (Wildman–Crippen MR) is 264 cm³/mol. The maximum absolute atomic E-state index is 5.85. The van der Waals surface area contributed by atoms with E-state index >= 15 is 0 Å². The van der Waals surface area contributed by atoms with E-state index in [9.17, 15) is 0 Å². The van der Waals surface area contributed by atoms with Crippen LogP contribution in [0.3, 0.4) is 0 Å². The van der Waals surface area contributed by atoms with Crippen LogP contribution in [0.25, 0.3) is 50.1 Å². The molecule has 0 saturated heterocycles. The number of hydrogen-bond acceptors (Lipinski definition) is 1. The molecule has 8 aromatic carbocycles. The van der Waals surface area contributed by atoms with Crippen LogP contribution in [-0.4, -0.2) is 0 Å². The molecule has 0 fully saturated rings. The third kappa shape index (κ3) is 4.90. The number of terminal acetylenes is 1. The lowest BCUT2D eigenvalue weighted by atomic mass is 9.70. The molecule has 4 aliphatic rings. The zero-order valence-corrected chi connectivity index (χ0v) is 36.4. The number of allylic oxidation sites excluding steroid dienone is 4. The number of hydrogen-bond donors (Lipinski definition) is 0. The maximum atomic E-state index is 5.85. The van der Waals surface area contributed by atoms with Gasteiger partial charge in [-0.3, -0.25) is 0 Å². The summed E-state index contributed by atoms with van der Waals surface area (Å²) in [5.74, 6) is 2.77. The summed E-state index contributed by atoms with van der Waals surface area (Å²) in [6.07, 6.45) is 9.82. The first kappa shape index (κ1) is 37.4. The minimum Gasteiger partial charge on any atom is -0.309 e. The molecule has 300 valence electrons. The maximum Gasteiger partial charge on any atom is 0.0686 e. The Hall–Kier alpha value is -7.40. The van der Waals surface area contributed by atoms with Gasteiger partial charge in [-0.25, -0.2) is 0 Å². The Labute approximate surface area is 371 Å². The lowest BCUT2D eigenvalue weighted by molar-refractivity contribution is 0.660. The minimum atomic E-state index is -0.476. The average molecular weight is 806 g/mol. The Morgan fingerprint density at radius 2 is 0.921 bits per heavy atom. The lowest BCUT2D eigenvalue weighted by Gasteiger charge is -2.33. The van der Waals surface area contributed by atoms with Gasteiger partial charge in [-0.05, 0) is 138 Å². The van der Waals surface area contributed by atoms with Gasteiger partial charge >= 0.3 is 0 Å². The monoisotopic (exact) mass is 805 g/mol. The second kappa shape index (κ2) is 13.3. The van der Waals surface area contributed by atoms with Gasteiger partial charge in [0.25, 0.3) is 0 Å². The van der Waals surface area contributed by atoms with Gasteiger partial charge in [0.05, 0.1) is 16.8 Å². The Balaban J connectivity index is 1.09. The quantitative estimate of drug-likeness (QED) is 0.157. The molecule has 1 nitrogen and oxygen atoms in total. The van der Waals surface area contributed by atoms with Crippen molar-refractivity contribution < 1.29 is 0 Å². The largest absolute Gasteiger partial charge is 0.309 e. The SMILES string of the molecule is C#C/C=C\C1=C(C)C2(c3ccccc31)c1ccccc1-c1c(N(c3ccc(-c4ccc5c(c4)C(C)(C)c4ccccc4-5)cc3)c3cccc4c3-c3ccccc3C4(C)C)cccc12. The molecule has 1 unspecified atom stereocenters. The number of nitrogens with zero attached hydrogens (tertiary/aromatic N) is 1. The zero-order chi connectivity index (χ0) is 42.8. The van der Waals surface area contributed by atoms with Crippen molar-refractivity contribution in [2.45, 2.75) is 50.9 Å². The molecule has 0 aromatic heterocycles. The summed E-state index contributed by atoms with van der Waals surface area (Å²) < 4.78 is 0. The highest BCUT2D eigenvalue weighted by Gasteiger charge is 2.52. The molecular weight excluding hydrogens is 759 g/mol. The number of benzene rings is 8. The summed E-state index contributed by atoms with van der Waals surface area (Å²) in [7, 11) is 0. The molecule has 4 aliphatic carbocycles. The highest BCUT2D eigenvalue weighted by atomic mass is 15.1. The number of anilines is 3. The van der Waals surface area contributed by atoms with Crippen LogP contribution in [0.1, 0.15) is 79.1 Å². The van der Waals surface area contributed by atoms with Gasteiger partial charge in [-0.1, -0.05) is 179 Å². The van der Waals surface area contributed by atoms with Gasteiger partial charge < -0.3 is 4.90 Å². The van der Waals surface area contributed by atoms with Crippen LogP contribution >= 0.6 is 0 Å². The Morgan fingerprint density at radius 1 is 0.444 bits per heavy atom. The van der Waals surface area contributed by atoms with Crippen molar-refractivity contribution in [1.82, 2.24) is 0 Å². The fourth-order valence-corrected chi connectivity index (χ4v) is 12.2. The molecule has 0 aliphatic heterocycles. The fraction of sp³-hybridized carbons (Fsp3) is 0.129. The second-order valence-corrected chi connectivity index (χ2v) is 18.8. The van der Waals surface area contributed by atoms with Crippen LogP contribution in [0.4, 0.5) is 17.1 Å². The highest BCUT2D eigenvalue weighted by molar-refractivity contribution is 6.04. The van der Waals surface area contributed by atoms with Gasteiger partial charge in [-0.15, -0.1) is 6.42 Å². The Bertz CT molecular complexity index is 3360. The highest BCUT2D eigenvalue weighted by Crippen LogP contribution is 2.65. The molecule has 1 heteroatoms. The van der Waals surface area contributed by atoms with Crippen LogP contribution in [-0.2, 0) is 16.2 Å². The van der Waals surface area contributed by atoms with E-state index in [1.165, 1.54) is 106 Å². The first-order chi connectivity index (χ1) is 30.7. The third-order valence-corrected chi connectivity index (χ3v) is 15.1. The van der Waals surface area contributed by atoms with Crippen molar-refractivity contribution in [3.63, 3.8) is 0 Å². The summed E-state index contributed by atoms with van der Waals surface area (Å²) in [4.78, 5) is 2.55. The smallest absolute Gasteiger partial charge is 0.0686 e. The van der Waals surface area contributed by atoms with E-state index in [0.717, 1.165) is 11.4 Å². The van der Waals surface area contributed by atoms with Gasteiger partial charge in [0.2, 0.25) is 0 Å². The van der Waals surface area contributed by atoms with Crippen LogP contribution in [0.5, 0.6) is 0 Å². The van der Waals surface area contributed by atoms with Crippen molar-refractivity contribution in [3.8, 4) is 56.9 Å². The van der Waals surface area contributed by atoms with Crippen LogP contribution < -0.4 is 4.90 Å². The average Bonchev–Trinajstić information content (AvgIpc) is 3.93. The normalized spacial score (nSPS) is 17.5. The fourth-order valence-electron chi connectivity index (χ4n) is 12.2. The molecule has 1 atom stereocenters. The van der Waals surface area contributed by atoms with Gasteiger partial charge in [-0.2, -0.15) is 0 Å². The van der Waals surface area contributed by atoms with Gasteiger partial charge in [0.15, 0.2) is 0 Å². The molecule has 0 radical (unpaired) electrons. The van der Waals surface area contributed by atoms with E-state index in [-0.39, 0.29) is 10.8 Å². The first-order valence-electron chi connectivity index (χ1n) is 22.2. The summed E-state index contributed by atoms with van der Waals surface area (Å²) in [6, 6.07) is 66.2. The van der Waals surface area contributed by atoms with E-state index in [2.05, 4.69) is 227 Å². The first-order valence-corrected chi connectivity index (χ1v) is 22.2. The van der Waals surface area contributed by atoms with Gasteiger partial charge in [0.1, 0.15) is 0 Å². The van der Waals surface area contributed by atoms with Crippen LogP contribution in [0, 0.1) is 12.3 Å². The standard InChI is InChI=1S/C62H47N/c1-7-8-19-43-39(2)62(51-26-15-10-20-44(43)51)52-27-16-12-23-48(52)59-54(62)29-18-31-57(59)63(56-30-17-28-53-58(56)47-22-11-14-25-50(47)60(53,3)4)42-35-32-40(33-36-42)41-34-37-46-45-21-9-13-24-49(45)61(5,6)55(46)38-41/h1,8-38H,2-6H3/b19-8-. The summed E-state index contributed by atoms with van der Waals surface area (Å²) in [6.45, 7) is 11.8. The number of rotatable bonds is 5.